The fourth-order valence-electron chi connectivity index (χ4n) is 6.10. The minimum atomic E-state index is 0. The van der Waals surface area contributed by atoms with Crippen molar-refractivity contribution in [1.29, 1.82) is 0 Å². The number of nitrogens with zero attached hydrogens (tertiary/aromatic N) is 6. The van der Waals surface area contributed by atoms with Gasteiger partial charge in [0.2, 0.25) is 5.71 Å². The Labute approximate surface area is 324 Å². The topological polar surface area (TPSA) is 90.5 Å². The van der Waals surface area contributed by atoms with Crippen molar-refractivity contribution in [3.05, 3.63) is 182 Å². The van der Waals surface area contributed by atoms with E-state index in [0.29, 0.717) is 28.9 Å². The largest absolute Gasteiger partial charge is 0.458 e. The van der Waals surface area contributed by atoms with Crippen molar-refractivity contribution >= 4 is 32.8 Å². The van der Waals surface area contributed by atoms with Gasteiger partial charge in [-0.05, 0) is 34.3 Å². The molecule has 10 rings (SSSR count). The fourth-order valence-corrected chi connectivity index (χ4v) is 6.10. The standard InChI is InChI=1S/C35H20N5O.C11H8N.Ir/c1-3-9-22(10-4-1)32-38-33(23-11-5-2-6-12-23)40-34(39-32)29-18-17-28-27-16-15-25(20-31(27)41-35(28)37-29)30-19-24-13-7-8-14-26(24)21-36-30;1-2-6-10(7-3-1)11-8-4-5-9-12-11;/h1-14,16-21H;1-6,8-9H;/q2*-1;. The van der Waals surface area contributed by atoms with Crippen LogP contribution in [0, 0.1) is 12.1 Å². The van der Waals surface area contributed by atoms with Gasteiger partial charge in [0.1, 0.15) is 5.69 Å². The van der Waals surface area contributed by atoms with Crippen molar-refractivity contribution in [3.8, 4) is 56.8 Å². The van der Waals surface area contributed by atoms with E-state index in [-0.39, 0.29) is 20.1 Å². The van der Waals surface area contributed by atoms with Crippen LogP contribution >= 0.6 is 0 Å². The maximum Gasteiger partial charge on any atom is 0.216 e. The van der Waals surface area contributed by atoms with Crippen LogP contribution in [0.25, 0.3) is 89.7 Å². The van der Waals surface area contributed by atoms with Gasteiger partial charge in [-0.15, -0.1) is 53.6 Å². The van der Waals surface area contributed by atoms with Crippen LogP contribution < -0.4 is 0 Å². The Morgan fingerprint density at radius 3 is 1.85 bits per heavy atom. The van der Waals surface area contributed by atoms with Gasteiger partial charge < -0.3 is 14.4 Å². The minimum Gasteiger partial charge on any atom is -0.458 e. The molecule has 0 saturated heterocycles. The zero-order valence-corrected chi connectivity index (χ0v) is 31.0. The average molecular weight is 873 g/mol. The predicted octanol–water partition coefficient (Wildman–Crippen LogP) is 10.7. The van der Waals surface area contributed by atoms with Gasteiger partial charge >= 0.3 is 0 Å². The van der Waals surface area contributed by atoms with Crippen LogP contribution in [-0.2, 0) is 20.1 Å². The fraction of sp³-hybridized carbons (Fsp3) is 0. The van der Waals surface area contributed by atoms with Crippen LogP contribution in [0.1, 0.15) is 0 Å². The molecule has 5 aromatic heterocycles. The van der Waals surface area contributed by atoms with Crippen molar-refractivity contribution in [2.45, 2.75) is 0 Å². The Morgan fingerprint density at radius 1 is 0.463 bits per heavy atom. The van der Waals surface area contributed by atoms with Crippen LogP contribution in [-0.4, -0.2) is 29.9 Å². The van der Waals surface area contributed by atoms with Crippen molar-refractivity contribution in [2.75, 3.05) is 0 Å². The summed E-state index contributed by atoms with van der Waals surface area (Å²) >= 11 is 0. The third kappa shape index (κ3) is 7.17. The van der Waals surface area contributed by atoms with Crippen LogP contribution in [0.5, 0.6) is 0 Å². The predicted molar refractivity (Wildman–Crippen MR) is 209 cm³/mol. The molecule has 0 unspecified atom stereocenters. The van der Waals surface area contributed by atoms with E-state index in [1.807, 2.05) is 146 Å². The molecule has 0 bridgehead atoms. The van der Waals surface area contributed by atoms with E-state index in [1.54, 1.807) is 6.20 Å². The normalized spacial score (nSPS) is 10.8. The summed E-state index contributed by atoms with van der Waals surface area (Å²) in [7, 11) is 0. The number of pyridine rings is 3. The van der Waals surface area contributed by atoms with Gasteiger partial charge in [-0.3, -0.25) is 0 Å². The Kier molecular flexibility index (Phi) is 9.85. The number of hydrogen-bond acceptors (Lipinski definition) is 7. The number of furan rings is 1. The summed E-state index contributed by atoms with van der Waals surface area (Å²) in [4.78, 5) is 28.1. The van der Waals surface area contributed by atoms with E-state index in [0.717, 1.165) is 60.8 Å². The summed E-state index contributed by atoms with van der Waals surface area (Å²) in [6.07, 6.45) is 3.67. The molecule has 0 aliphatic rings. The quantitative estimate of drug-likeness (QED) is 0.159. The molecular formula is C46H28IrN6O-2. The molecule has 7 nitrogen and oxygen atoms in total. The zero-order chi connectivity index (χ0) is 35.4. The van der Waals surface area contributed by atoms with E-state index in [9.17, 15) is 0 Å². The first-order valence-electron chi connectivity index (χ1n) is 17.1. The SMILES string of the molecule is [Ir].[c-]1cc2c(cc1-c1cc3ccccc3cn1)oc1nc(-c3nc(-c4ccccc4)nc(-c4ccccc4)n3)ccc12.[c-]1ccccc1-c1ccccn1. The summed E-state index contributed by atoms with van der Waals surface area (Å²) in [5.41, 5.74) is 7.36. The van der Waals surface area contributed by atoms with Gasteiger partial charge in [0, 0.05) is 49.0 Å². The Morgan fingerprint density at radius 2 is 1.15 bits per heavy atom. The molecule has 0 saturated carbocycles. The zero-order valence-electron chi connectivity index (χ0n) is 28.6. The second-order valence-electron chi connectivity index (χ2n) is 12.2. The van der Waals surface area contributed by atoms with Crippen LogP contribution in [0.2, 0.25) is 0 Å². The van der Waals surface area contributed by atoms with Gasteiger partial charge in [0.15, 0.2) is 17.5 Å². The Balaban J connectivity index is 0.000000271. The summed E-state index contributed by atoms with van der Waals surface area (Å²) in [5, 5.41) is 4.07. The molecule has 0 atom stereocenters. The second-order valence-corrected chi connectivity index (χ2v) is 12.2. The van der Waals surface area contributed by atoms with Crippen molar-refractivity contribution < 1.29 is 24.5 Å². The maximum absolute atomic E-state index is 6.26. The number of benzene rings is 5. The van der Waals surface area contributed by atoms with Crippen molar-refractivity contribution in [2.24, 2.45) is 0 Å². The van der Waals surface area contributed by atoms with E-state index >= 15 is 0 Å². The molecule has 0 aliphatic heterocycles. The van der Waals surface area contributed by atoms with Gasteiger partial charge in [-0.2, -0.15) is 0 Å². The Hall–Kier alpha value is -6.73. The Bertz CT molecular complexity index is 2740. The van der Waals surface area contributed by atoms with E-state index < -0.39 is 0 Å². The minimum absolute atomic E-state index is 0. The number of hydrogen-bond donors (Lipinski definition) is 0. The molecule has 0 spiro atoms. The summed E-state index contributed by atoms with van der Waals surface area (Å²) in [6.45, 7) is 0. The molecule has 259 valence electrons. The smallest absolute Gasteiger partial charge is 0.216 e. The van der Waals surface area contributed by atoms with E-state index in [4.69, 9.17) is 24.4 Å². The summed E-state index contributed by atoms with van der Waals surface area (Å²) < 4.78 is 6.26. The third-order valence-electron chi connectivity index (χ3n) is 8.76. The average Bonchev–Trinajstić information content (AvgIpc) is 3.62. The first kappa shape index (κ1) is 34.4. The molecule has 0 fully saturated rings. The molecule has 10 aromatic rings. The number of rotatable bonds is 5. The first-order chi connectivity index (χ1) is 26.2. The van der Waals surface area contributed by atoms with Crippen LogP contribution in [0.4, 0.5) is 0 Å². The monoisotopic (exact) mass is 873 g/mol. The molecule has 0 aliphatic carbocycles. The maximum atomic E-state index is 6.26. The van der Waals surface area contributed by atoms with Crippen molar-refractivity contribution in [1.82, 2.24) is 29.9 Å². The molecule has 1 radical (unpaired) electrons. The molecule has 5 heterocycles. The summed E-state index contributed by atoms with van der Waals surface area (Å²) in [5.74, 6) is 1.65. The van der Waals surface area contributed by atoms with Crippen molar-refractivity contribution in [3.63, 3.8) is 0 Å². The molecule has 5 aromatic carbocycles. The number of aromatic nitrogens is 6. The van der Waals surface area contributed by atoms with Gasteiger partial charge in [-0.1, -0.05) is 121 Å². The molecule has 0 amide bonds. The molecular weight excluding hydrogens is 845 g/mol. The van der Waals surface area contributed by atoms with Gasteiger partial charge in [0.25, 0.3) is 0 Å². The molecule has 0 N–H and O–H groups in total. The molecule has 8 heteroatoms. The van der Waals surface area contributed by atoms with Gasteiger partial charge in [-0.25, -0.2) is 19.9 Å². The van der Waals surface area contributed by atoms with Crippen LogP contribution in [0.15, 0.2) is 175 Å². The third-order valence-corrected chi connectivity index (χ3v) is 8.76. The summed E-state index contributed by atoms with van der Waals surface area (Å²) in [6, 6.07) is 58.1. The van der Waals surface area contributed by atoms with Crippen LogP contribution in [0.3, 0.4) is 0 Å². The van der Waals surface area contributed by atoms with Gasteiger partial charge in [0.05, 0.1) is 5.58 Å². The first-order valence-corrected chi connectivity index (χ1v) is 17.1. The second kappa shape index (κ2) is 15.5. The number of fused-ring (bicyclic) bond motifs is 4. The van der Waals surface area contributed by atoms with E-state index in [2.05, 4.69) is 40.3 Å². The molecule has 54 heavy (non-hydrogen) atoms. The van der Waals surface area contributed by atoms with E-state index in [1.165, 1.54) is 0 Å².